The molecule has 2 aliphatic rings. The molecule has 0 saturated carbocycles. The van der Waals surface area contributed by atoms with Gasteiger partial charge in [-0.1, -0.05) is 90.5 Å². The van der Waals surface area contributed by atoms with Crippen LogP contribution in [0.15, 0.2) is 97.1 Å². The second-order valence-electron chi connectivity index (χ2n) is 12.9. The SMILES string of the molecule is Cc1ccc(-c2ccc(C3NC(c4ccc(CN(CC(=O)O)C(=O)C5CCN(C(=O)CCc6ccc(O)cc6)CC5)cc4)NO3)cc2)cc1. The molecule has 10 heteroatoms. The van der Waals surface area contributed by atoms with Gasteiger partial charge in [-0.2, -0.15) is 5.48 Å². The van der Waals surface area contributed by atoms with Gasteiger partial charge in [-0.15, -0.1) is 0 Å². The second-order valence-corrected chi connectivity index (χ2v) is 12.9. The van der Waals surface area contributed by atoms with Crippen LogP contribution < -0.4 is 10.8 Å². The standard InChI is InChI=1S/C39H42N4O6/c1-26-2-9-29(10-3-26)30-13-15-32(16-14-30)38-40-37(41-49-38)31-11-4-28(5-12-31)24-43(25-36(46)47)39(48)33-20-22-42(23-21-33)35(45)19-8-27-6-17-34(44)18-7-27/h2-7,9-18,33,37-38,40-41,44H,8,19-25H2,1H3,(H,46,47). The molecule has 2 atom stereocenters. The normalized spacial score (nSPS) is 17.9. The van der Waals surface area contributed by atoms with E-state index in [0.717, 1.165) is 33.4 Å². The van der Waals surface area contributed by atoms with E-state index in [9.17, 15) is 24.6 Å². The number of nitrogens with one attached hydrogen (secondary N) is 2. The van der Waals surface area contributed by atoms with Crippen molar-refractivity contribution in [1.82, 2.24) is 20.6 Å². The Morgan fingerprint density at radius 3 is 2.04 bits per heavy atom. The summed E-state index contributed by atoms with van der Waals surface area (Å²) in [6, 6.07) is 31.2. The van der Waals surface area contributed by atoms with E-state index in [0.29, 0.717) is 38.8 Å². The lowest BCUT2D eigenvalue weighted by atomic mass is 9.94. The molecule has 10 nitrogen and oxygen atoms in total. The highest BCUT2D eigenvalue weighted by atomic mass is 16.7. The Morgan fingerprint density at radius 1 is 0.816 bits per heavy atom. The van der Waals surface area contributed by atoms with E-state index < -0.39 is 12.5 Å². The number of hydrogen-bond acceptors (Lipinski definition) is 7. The van der Waals surface area contributed by atoms with Crippen LogP contribution in [0.3, 0.4) is 0 Å². The monoisotopic (exact) mass is 662 g/mol. The molecule has 2 unspecified atom stereocenters. The largest absolute Gasteiger partial charge is 0.508 e. The van der Waals surface area contributed by atoms with E-state index in [4.69, 9.17) is 4.84 Å². The molecular weight excluding hydrogens is 620 g/mol. The van der Waals surface area contributed by atoms with Crippen LogP contribution in [0.5, 0.6) is 5.75 Å². The summed E-state index contributed by atoms with van der Waals surface area (Å²) in [6.07, 6.45) is 1.33. The Balaban J connectivity index is 1.00. The molecule has 6 rings (SSSR count). The lowest BCUT2D eigenvalue weighted by Crippen LogP contribution is -2.45. The van der Waals surface area contributed by atoms with Crippen LogP contribution in [0.1, 0.15) is 59.5 Å². The Morgan fingerprint density at radius 2 is 1.41 bits per heavy atom. The van der Waals surface area contributed by atoms with Crippen molar-refractivity contribution in [2.24, 2.45) is 5.92 Å². The molecule has 4 aromatic rings. The van der Waals surface area contributed by atoms with Gasteiger partial charge in [0.15, 0.2) is 6.23 Å². The number of aryl methyl sites for hydroxylation is 2. The molecule has 2 aliphatic heterocycles. The second kappa shape index (κ2) is 15.5. The van der Waals surface area contributed by atoms with Crippen molar-refractivity contribution >= 4 is 17.8 Å². The van der Waals surface area contributed by atoms with Crippen LogP contribution in [0, 0.1) is 12.8 Å². The molecule has 0 spiro atoms. The Labute approximate surface area is 286 Å². The lowest BCUT2D eigenvalue weighted by molar-refractivity contribution is -0.148. The minimum atomic E-state index is -1.07. The summed E-state index contributed by atoms with van der Waals surface area (Å²) >= 11 is 0. The molecule has 0 radical (unpaired) electrons. The van der Waals surface area contributed by atoms with Crippen molar-refractivity contribution in [2.75, 3.05) is 19.6 Å². The first-order chi connectivity index (χ1) is 23.7. The highest BCUT2D eigenvalue weighted by Crippen LogP contribution is 2.28. The Bertz CT molecular complexity index is 1730. The van der Waals surface area contributed by atoms with Crippen molar-refractivity contribution < 1.29 is 29.4 Å². The fraction of sp³-hybridized carbons (Fsp3) is 0.308. The Kier molecular flexibility index (Phi) is 10.7. The van der Waals surface area contributed by atoms with Gasteiger partial charge >= 0.3 is 5.97 Å². The molecule has 2 saturated heterocycles. The first kappa shape index (κ1) is 33.9. The molecule has 4 N–H and O–H groups in total. The van der Waals surface area contributed by atoms with Gasteiger partial charge in [-0.05, 0) is 71.7 Å². The van der Waals surface area contributed by atoms with E-state index >= 15 is 0 Å². The number of rotatable bonds is 11. The fourth-order valence-electron chi connectivity index (χ4n) is 6.40. The van der Waals surface area contributed by atoms with Crippen LogP contribution in [0.2, 0.25) is 0 Å². The minimum absolute atomic E-state index is 0.0282. The number of nitrogens with zero attached hydrogens (tertiary/aromatic N) is 2. The number of aromatic hydroxyl groups is 1. The zero-order valence-electron chi connectivity index (χ0n) is 27.5. The molecule has 0 bridgehead atoms. The number of amides is 2. The summed E-state index contributed by atoms with van der Waals surface area (Å²) in [4.78, 5) is 47.1. The van der Waals surface area contributed by atoms with Gasteiger partial charge in [0.1, 0.15) is 18.5 Å². The van der Waals surface area contributed by atoms with E-state index in [1.807, 2.05) is 24.3 Å². The minimum Gasteiger partial charge on any atom is -0.508 e. The first-order valence-electron chi connectivity index (χ1n) is 16.7. The number of carbonyl (C=O) groups is 3. The van der Waals surface area contributed by atoms with Crippen molar-refractivity contribution in [3.8, 4) is 16.9 Å². The molecule has 2 heterocycles. The maximum atomic E-state index is 13.5. The van der Waals surface area contributed by atoms with Crippen molar-refractivity contribution in [1.29, 1.82) is 0 Å². The topological polar surface area (TPSA) is 131 Å². The van der Waals surface area contributed by atoms with Crippen LogP contribution in [-0.4, -0.2) is 57.4 Å². The van der Waals surface area contributed by atoms with Gasteiger partial charge in [-0.25, -0.2) is 0 Å². The molecule has 2 fully saturated rings. The highest BCUT2D eigenvalue weighted by Gasteiger charge is 2.31. The summed E-state index contributed by atoms with van der Waals surface area (Å²) in [7, 11) is 0. The molecule has 2 amide bonds. The predicted molar refractivity (Wildman–Crippen MR) is 185 cm³/mol. The van der Waals surface area contributed by atoms with Gasteiger partial charge < -0.3 is 20.0 Å². The number of hydrogen-bond donors (Lipinski definition) is 4. The number of benzene rings is 4. The average molecular weight is 663 g/mol. The predicted octanol–water partition coefficient (Wildman–Crippen LogP) is 5.47. The Hall–Kier alpha value is -5.03. The van der Waals surface area contributed by atoms with Crippen molar-refractivity contribution in [2.45, 2.75) is 51.5 Å². The van der Waals surface area contributed by atoms with Crippen LogP contribution >= 0.6 is 0 Å². The summed E-state index contributed by atoms with van der Waals surface area (Å²) in [6.45, 7) is 2.78. The van der Waals surface area contributed by atoms with E-state index in [1.165, 1.54) is 10.5 Å². The molecule has 4 aromatic carbocycles. The summed E-state index contributed by atoms with van der Waals surface area (Å²) in [5.41, 5.74) is 10.3. The van der Waals surface area contributed by atoms with Crippen LogP contribution in [0.25, 0.3) is 11.1 Å². The first-order valence-corrected chi connectivity index (χ1v) is 16.7. The van der Waals surface area contributed by atoms with Gasteiger partial charge in [0.05, 0.1) is 0 Å². The summed E-state index contributed by atoms with van der Waals surface area (Å²) < 4.78 is 0. The third kappa shape index (κ3) is 8.72. The fourth-order valence-corrected chi connectivity index (χ4v) is 6.40. The number of carbonyl (C=O) groups excluding carboxylic acids is 2. The van der Waals surface area contributed by atoms with Crippen LogP contribution in [0.4, 0.5) is 0 Å². The zero-order chi connectivity index (χ0) is 34.3. The van der Waals surface area contributed by atoms with E-state index in [2.05, 4.69) is 66.3 Å². The van der Waals surface area contributed by atoms with Crippen molar-refractivity contribution in [3.05, 3.63) is 125 Å². The summed E-state index contributed by atoms with van der Waals surface area (Å²) in [5, 5.41) is 22.5. The molecule has 0 aromatic heterocycles. The zero-order valence-corrected chi connectivity index (χ0v) is 27.5. The quantitative estimate of drug-likeness (QED) is 0.166. The third-order valence-corrected chi connectivity index (χ3v) is 9.31. The van der Waals surface area contributed by atoms with Crippen LogP contribution in [-0.2, 0) is 32.2 Å². The average Bonchev–Trinajstić information content (AvgIpc) is 3.62. The maximum Gasteiger partial charge on any atom is 0.323 e. The maximum absolute atomic E-state index is 13.5. The molecule has 254 valence electrons. The number of likely N-dealkylation sites (tertiary alicyclic amines) is 1. The number of carboxylic acids is 1. The highest BCUT2D eigenvalue weighted by molar-refractivity contribution is 5.83. The molecule has 0 aliphatic carbocycles. The third-order valence-electron chi connectivity index (χ3n) is 9.31. The number of phenolic OH excluding ortho intramolecular Hbond substituents is 1. The molecule has 49 heavy (non-hydrogen) atoms. The number of piperidine rings is 1. The van der Waals surface area contributed by atoms with E-state index in [1.54, 1.807) is 29.2 Å². The molecular formula is C39H42N4O6. The van der Waals surface area contributed by atoms with Gasteiger partial charge in [0.25, 0.3) is 0 Å². The summed E-state index contributed by atoms with van der Waals surface area (Å²) in [5.74, 6) is -1.39. The lowest BCUT2D eigenvalue weighted by Gasteiger charge is -2.34. The smallest absolute Gasteiger partial charge is 0.323 e. The number of aliphatic carboxylic acids is 1. The van der Waals surface area contributed by atoms with Crippen molar-refractivity contribution in [3.63, 3.8) is 0 Å². The van der Waals surface area contributed by atoms with Gasteiger partial charge in [0, 0.05) is 32.0 Å². The number of phenols is 1. The van der Waals surface area contributed by atoms with Gasteiger partial charge in [-0.3, -0.25) is 24.5 Å². The number of hydroxylamine groups is 1. The van der Waals surface area contributed by atoms with Gasteiger partial charge in [0.2, 0.25) is 11.8 Å². The van der Waals surface area contributed by atoms with E-state index in [-0.39, 0.29) is 42.4 Å². The number of carboxylic acid groups (broad SMARTS) is 1.